The van der Waals surface area contributed by atoms with E-state index in [-0.39, 0.29) is 17.9 Å². The van der Waals surface area contributed by atoms with Crippen LogP contribution in [-0.2, 0) is 27.3 Å². The number of carbonyl (C=O) groups is 2. The van der Waals surface area contributed by atoms with E-state index in [4.69, 9.17) is 4.74 Å². The topological polar surface area (TPSA) is 67.7 Å². The van der Waals surface area contributed by atoms with Crippen LogP contribution in [0.4, 0.5) is 0 Å². The highest BCUT2D eigenvalue weighted by Crippen LogP contribution is 2.25. The summed E-state index contributed by atoms with van der Waals surface area (Å²) in [4.78, 5) is 33.0. The van der Waals surface area contributed by atoms with Gasteiger partial charge in [0, 0.05) is 38.8 Å². The molecule has 7 nitrogen and oxygen atoms in total. The molecule has 7 heteroatoms. The summed E-state index contributed by atoms with van der Waals surface area (Å²) in [5.74, 6) is 1.17. The van der Waals surface area contributed by atoms with Gasteiger partial charge in [-0.15, -0.1) is 0 Å². The molecule has 2 aliphatic heterocycles. The van der Waals surface area contributed by atoms with Crippen LogP contribution in [-0.4, -0.2) is 64.0 Å². The minimum absolute atomic E-state index is 0.0370. The first-order valence-corrected chi connectivity index (χ1v) is 8.81. The molecule has 0 bridgehead atoms. The fraction of sp³-hybridized carbons (Fsp3) is 0.706. The lowest BCUT2D eigenvalue weighted by atomic mass is 10.2. The van der Waals surface area contributed by atoms with Crippen LogP contribution in [0.5, 0.6) is 0 Å². The van der Waals surface area contributed by atoms with Crippen molar-refractivity contribution in [1.82, 2.24) is 19.4 Å². The summed E-state index contributed by atoms with van der Waals surface area (Å²) in [6, 6.07) is -0.0370. The number of amides is 2. The van der Waals surface area contributed by atoms with Crippen LogP contribution in [0.2, 0.25) is 0 Å². The lowest BCUT2D eigenvalue weighted by Gasteiger charge is -2.33. The molecule has 132 valence electrons. The molecule has 2 amide bonds. The SMILES string of the molecule is CCCC(=O)N1CCn2cc(CC(=O)N3CCOCC3)nc2C1C. The van der Waals surface area contributed by atoms with Crippen molar-refractivity contribution in [3.8, 4) is 0 Å². The Bertz CT molecular complexity index is 607. The number of nitrogens with zero attached hydrogens (tertiary/aromatic N) is 4. The fourth-order valence-corrected chi connectivity index (χ4v) is 3.41. The van der Waals surface area contributed by atoms with Gasteiger partial charge in [0.2, 0.25) is 11.8 Å². The lowest BCUT2D eigenvalue weighted by molar-refractivity contribution is -0.135. The normalized spacial score (nSPS) is 20.8. The maximum absolute atomic E-state index is 12.4. The summed E-state index contributed by atoms with van der Waals surface area (Å²) in [6.45, 7) is 8.01. The molecular formula is C17H26N4O3. The van der Waals surface area contributed by atoms with Crippen molar-refractivity contribution in [2.45, 2.75) is 45.7 Å². The van der Waals surface area contributed by atoms with E-state index in [9.17, 15) is 9.59 Å². The van der Waals surface area contributed by atoms with E-state index in [1.807, 2.05) is 29.8 Å². The minimum atomic E-state index is -0.0370. The van der Waals surface area contributed by atoms with E-state index >= 15 is 0 Å². The number of imidazole rings is 1. The van der Waals surface area contributed by atoms with Gasteiger partial charge in [-0.1, -0.05) is 6.92 Å². The molecular weight excluding hydrogens is 308 g/mol. The molecule has 1 unspecified atom stereocenters. The number of morpholine rings is 1. The number of hydrogen-bond acceptors (Lipinski definition) is 4. The number of aromatic nitrogens is 2. The number of fused-ring (bicyclic) bond motifs is 1. The van der Waals surface area contributed by atoms with Gasteiger partial charge in [-0.05, 0) is 13.3 Å². The number of hydrogen-bond donors (Lipinski definition) is 0. The van der Waals surface area contributed by atoms with Crippen LogP contribution in [0.3, 0.4) is 0 Å². The summed E-state index contributed by atoms with van der Waals surface area (Å²) in [6.07, 6.45) is 3.71. The first kappa shape index (κ1) is 17.0. The number of carbonyl (C=O) groups excluding carboxylic acids is 2. The Morgan fingerprint density at radius 2 is 1.96 bits per heavy atom. The Labute approximate surface area is 142 Å². The number of ether oxygens (including phenoxy) is 1. The highest BCUT2D eigenvalue weighted by Gasteiger charge is 2.29. The Morgan fingerprint density at radius 1 is 1.21 bits per heavy atom. The molecule has 0 N–H and O–H groups in total. The minimum Gasteiger partial charge on any atom is -0.378 e. The van der Waals surface area contributed by atoms with Gasteiger partial charge in [-0.25, -0.2) is 4.98 Å². The van der Waals surface area contributed by atoms with Crippen LogP contribution in [0.1, 0.15) is 44.2 Å². The molecule has 0 saturated carbocycles. The number of rotatable bonds is 4. The van der Waals surface area contributed by atoms with Crippen molar-refractivity contribution in [2.24, 2.45) is 0 Å². The predicted octanol–water partition coefficient (Wildman–Crippen LogP) is 0.988. The van der Waals surface area contributed by atoms with Crippen molar-refractivity contribution < 1.29 is 14.3 Å². The Balaban J connectivity index is 1.68. The van der Waals surface area contributed by atoms with Crippen LogP contribution in [0, 0.1) is 0 Å². The zero-order chi connectivity index (χ0) is 17.1. The monoisotopic (exact) mass is 334 g/mol. The van der Waals surface area contributed by atoms with Gasteiger partial charge in [-0.3, -0.25) is 9.59 Å². The summed E-state index contributed by atoms with van der Waals surface area (Å²) in [7, 11) is 0. The summed E-state index contributed by atoms with van der Waals surface area (Å²) < 4.78 is 7.37. The van der Waals surface area contributed by atoms with E-state index in [0.717, 1.165) is 24.5 Å². The van der Waals surface area contributed by atoms with E-state index in [1.54, 1.807) is 0 Å². The Kier molecular flexibility index (Phi) is 5.18. The second-order valence-corrected chi connectivity index (χ2v) is 6.47. The van der Waals surface area contributed by atoms with E-state index in [1.165, 1.54) is 0 Å². The Morgan fingerprint density at radius 3 is 2.67 bits per heavy atom. The third-order valence-electron chi connectivity index (χ3n) is 4.76. The van der Waals surface area contributed by atoms with E-state index in [2.05, 4.69) is 9.55 Å². The molecule has 1 atom stereocenters. The van der Waals surface area contributed by atoms with Crippen molar-refractivity contribution in [1.29, 1.82) is 0 Å². The molecule has 0 aromatic carbocycles. The predicted molar refractivity (Wildman–Crippen MR) is 88.4 cm³/mol. The summed E-state index contributed by atoms with van der Waals surface area (Å²) in [5.41, 5.74) is 0.790. The molecule has 1 saturated heterocycles. The first-order chi connectivity index (χ1) is 11.6. The maximum Gasteiger partial charge on any atom is 0.228 e. The molecule has 2 aliphatic rings. The van der Waals surface area contributed by atoms with Crippen LogP contribution < -0.4 is 0 Å². The first-order valence-electron chi connectivity index (χ1n) is 8.81. The quantitative estimate of drug-likeness (QED) is 0.823. The van der Waals surface area contributed by atoms with Gasteiger partial charge in [0.25, 0.3) is 0 Å². The van der Waals surface area contributed by atoms with Gasteiger partial charge < -0.3 is 19.1 Å². The second kappa shape index (κ2) is 7.34. The smallest absolute Gasteiger partial charge is 0.228 e. The Hall–Kier alpha value is -1.89. The zero-order valence-electron chi connectivity index (χ0n) is 14.5. The zero-order valence-corrected chi connectivity index (χ0v) is 14.5. The molecule has 1 aromatic rings. The molecule has 1 fully saturated rings. The third-order valence-corrected chi connectivity index (χ3v) is 4.76. The molecule has 3 heterocycles. The van der Waals surface area contributed by atoms with E-state index in [0.29, 0.717) is 45.7 Å². The fourth-order valence-electron chi connectivity index (χ4n) is 3.41. The van der Waals surface area contributed by atoms with Gasteiger partial charge >= 0.3 is 0 Å². The van der Waals surface area contributed by atoms with Crippen molar-refractivity contribution >= 4 is 11.8 Å². The summed E-state index contributed by atoms with van der Waals surface area (Å²) >= 11 is 0. The van der Waals surface area contributed by atoms with Crippen LogP contribution in [0.15, 0.2) is 6.20 Å². The van der Waals surface area contributed by atoms with E-state index < -0.39 is 0 Å². The highest BCUT2D eigenvalue weighted by molar-refractivity contribution is 5.78. The molecule has 0 radical (unpaired) electrons. The summed E-state index contributed by atoms with van der Waals surface area (Å²) in [5, 5.41) is 0. The molecule has 3 rings (SSSR count). The van der Waals surface area contributed by atoms with Crippen molar-refractivity contribution in [3.05, 3.63) is 17.7 Å². The van der Waals surface area contributed by atoms with Gasteiger partial charge in [0.15, 0.2) is 0 Å². The van der Waals surface area contributed by atoms with Gasteiger partial charge in [0.1, 0.15) is 5.82 Å². The van der Waals surface area contributed by atoms with Crippen molar-refractivity contribution in [3.63, 3.8) is 0 Å². The molecule has 1 aromatic heterocycles. The second-order valence-electron chi connectivity index (χ2n) is 6.47. The van der Waals surface area contributed by atoms with Gasteiger partial charge in [0.05, 0.1) is 31.4 Å². The highest BCUT2D eigenvalue weighted by atomic mass is 16.5. The maximum atomic E-state index is 12.4. The lowest BCUT2D eigenvalue weighted by Crippen LogP contribution is -2.41. The average molecular weight is 334 g/mol. The van der Waals surface area contributed by atoms with Gasteiger partial charge in [-0.2, -0.15) is 0 Å². The molecule has 0 spiro atoms. The van der Waals surface area contributed by atoms with Crippen molar-refractivity contribution in [2.75, 3.05) is 32.8 Å². The largest absolute Gasteiger partial charge is 0.378 e. The average Bonchev–Trinajstić information content (AvgIpc) is 2.99. The third kappa shape index (κ3) is 3.45. The molecule has 24 heavy (non-hydrogen) atoms. The van der Waals surface area contributed by atoms with Crippen LogP contribution >= 0.6 is 0 Å². The standard InChI is InChI=1S/C17H26N4O3/c1-3-4-15(22)21-6-5-20-12-14(18-17(20)13(21)2)11-16(23)19-7-9-24-10-8-19/h12-13H,3-11H2,1-2H3. The van der Waals surface area contributed by atoms with Crippen LogP contribution in [0.25, 0.3) is 0 Å². The molecule has 0 aliphatic carbocycles.